The van der Waals surface area contributed by atoms with Crippen LogP contribution in [0.25, 0.3) is 0 Å². The average molecular weight is 437 g/mol. The zero-order valence-corrected chi connectivity index (χ0v) is 19.0. The van der Waals surface area contributed by atoms with Crippen LogP contribution < -0.4 is 0 Å². The molecule has 0 fully saturated rings. The minimum atomic E-state index is -2.86. The highest BCUT2D eigenvalue weighted by atomic mass is 28.4. The quantitative estimate of drug-likeness (QED) is 0.218. The fourth-order valence-corrected chi connectivity index (χ4v) is 4.37. The predicted octanol–water partition coefficient (Wildman–Crippen LogP) is 0.576. The molecule has 0 unspecified atom stereocenters. The van der Waals surface area contributed by atoms with Crippen molar-refractivity contribution >= 4 is 29.5 Å². The van der Waals surface area contributed by atoms with E-state index in [0.717, 1.165) is 12.2 Å². The van der Waals surface area contributed by atoms with Crippen molar-refractivity contribution in [1.82, 2.24) is 0 Å². The van der Waals surface area contributed by atoms with Crippen LogP contribution in [0.4, 0.5) is 0 Å². The molecule has 0 aromatic heterocycles. The van der Waals surface area contributed by atoms with Crippen molar-refractivity contribution in [3.05, 3.63) is 35.7 Å². The molecule has 0 saturated heterocycles. The van der Waals surface area contributed by atoms with E-state index in [1.54, 1.807) is 11.4 Å². The first-order chi connectivity index (χ1) is 13.4. The Hall–Kier alpha value is -1.65. The van der Waals surface area contributed by atoms with Crippen molar-refractivity contribution in [3.8, 4) is 0 Å². The third-order valence-corrected chi connectivity index (χ3v) is 8.05. The molecule has 28 heavy (non-hydrogen) atoms. The molecule has 0 N–H and O–H groups in total. The fraction of sp³-hybridized carbons (Fsp3) is 0.500. The zero-order valence-electron chi connectivity index (χ0n) is 17.0. The second-order valence-corrected chi connectivity index (χ2v) is 10.4. The predicted molar refractivity (Wildman–Crippen MR) is 103 cm³/mol. The lowest BCUT2D eigenvalue weighted by atomic mass is 10.5. The van der Waals surface area contributed by atoms with Crippen molar-refractivity contribution in [2.75, 3.05) is 55.9 Å². The third-order valence-electron chi connectivity index (χ3n) is 3.35. The van der Waals surface area contributed by atoms with Crippen LogP contribution >= 0.6 is 0 Å². The van der Waals surface area contributed by atoms with Crippen molar-refractivity contribution in [3.63, 3.8) is 0 Å². The van der Waals surface area contributed by atoms with Gasteiger partial charge in [0.2, 0.25) is 0 Å². The van der Waals surface area contributed by atoms with Crippen LogP contribution in [0.15, 0.2) is 35.7 Å². The number of ether oxygens (including phenoxy) is 2. The van der Waals surface area contributed by atoms with E-state index in [1.807, 2.05) is 0 Å². The molecule has 0 atom stereocenters. The Labute approximate surface area is 167 Å². The van der Waals surface area contributed by atoms with E-state index in [1.165, 1.54) is 54.8 Å². The number of carbonyl (C=O) groups excluding carboxylic acids is 2. The van der Waals surface area contributed by atoms with Gasteiger partial charge in [-0.25, -0.2) is 9.59 Å². The SMILES string of the molecule is CO[Si](C=CCOC(=O)C=CC(=O)OCC=C[Si](OC)(OC)OC)(OC)OC. The van der Waals surface area contributed by atoms with Crippen molar-refractivity contribution in [1.29, 1.82) is 0 Å². The Kier molecular flexibility index (Phi) is 13.5. The van der Waals surface area contributed by atoms with E-state index in [4.69, 9.17) is 36.0 Å². The van der Waals surface area contributed by atoms with Crippen LogP contribution in [0.2, 0.25) is 0 Å². The minimum absolute atomic E-state index is 0.0381. The molecule has 0 radical (unpaired) electrons. The van der Waals surface area contributed by atoms with E-state index >= 15 is 0 Å². The Bertz CT molecular complexity index is 489. The van der Waals surface area contributed by atoms with Crippen LogP contribution in [-0.2, 0) is 45.6 Å². The molecule has 12 heteroatoms. The summed E-state index contributed by atoms with van der Waals surface area (Å²) in [5.41, 5.74) is 3.15. The van der Waals surface area contributed by atoms with Gasteiger partial charge in [-0.2, -0.15) is 0 Å². The van der Waals surface area contributed by atoms with Crippen LogP contribution in [0, 0.1) is 0 Å². The fourth-order valence-electron chi connectivity index (χ4n) is 1.79. The van der Waals surface area contributed by atoms with Gasteiger partial charge in [0.25, 0.3) is 0 Å². The summed E-state index contributed by atoms with van der Waals surface area (Å²) < 4.78 is 40.9. The third kappa shape index (κ3) is 9.52. The van der Waals surface area contributed by atoms with Gasteiger partial charge in [0.05, 0.1) is 0 Å². The number of rotatable bonds is 14. The maximum atomic E-state index is 11.6. The highest BCUT2D eigenvalue weighted by molar-refractivity contribution is 6.66. The molecular weight excluding hydrogens is 408 g/mol. The summed E-state index contributed by atoms with van der Waals surface area (Å²) in [5, 5.41) is 0. The highest BCUT2D eigenvalue weighted by Gasteiger charge is 2.34. The summed E-state index contributed by atoms with van der Waals surface area (Å²) in [6, 6.07) is 0. The minimum Gasteiger partial charge on any atom is -0.458 e. The van der Waals surface area contributed by atoms with Gasteiger partial charge < -0.3 is 36.0 Å². The Balaban J connectivity index is 4.33. The van der Waals surface area contributed by atoms with Gasteiger partial charge in [-0.1, -0.05) is 0 Å². The lowest BCUT2D eigenvalue weighted by molar-refractivity contribution is -0.139. The Morgan fingerprint density at radius 1 is 0.607 bits per heavy atom. The summed E-state index contributed by atoms with van der Waals surface area (Å²) in [5.74, 6) is -1.41. The molecule has 0 aliphatic rings. The monoisotopic (exact) mass is 436 g/mol. The van der Waals surface area contributed by atoms with Crippen molar-refractivity contribution in [2.24, 2.45) is 0 Å². The second kappa shape index (κ2) is 14.4. The molecule has 0 bridgehead atoms. The van der Waals surface area contributed by atoms with Crippen molar-refractivity contribution in [2.45, 2.75) is 0 Å². The van der Waals surface area contributed by atoms with Gasteiger partial charge in [-0.3, -0.25) is 0 Å². The van der Waals surface area contributed by atoms with E-state index in [2.05, 4.69) is 0 Å². The lowest BCUT2D eigenvalue weighted by Crippen LogP contribution is -2.41. The molecule has 0 rings (SSSR count). The molecule has 0 heterocycles. The largest absolute Gasteiger partial charge is 0.528 e. The first-order valence-electron chi connectivity index (χ1n) is 8.04. The average Bonchev–Trinajstić information content (AvgIpc) is 2.73. The maximum absolute atomic E-state index is 11.6. The standard InChI is InChI=1S/C16H28O10Si2/c1-19-27(20-2,21-3)13-7-11-25-15(17)9-10-16(18)26-12-8-14-28(22-4,23-5)24-6/h7-10,13-14H,11-12H2,1-6H3. The Morgan fingerprint density at radius 2 is 0.893 bits per heavy atom. The molecule has 0 spiro atoms. The second-order valence-electron chi connectivity index (χ2n) is 4.83. The lowest BCUT2D eigenvalue weighted by Gasteiger charge is -2.20. The molecule has 0 aromatic rings. The summed E-state index contributed by atoms with van der Waals surface area (Å²) in [6.07, 6.45) is 5.00. The summed E-state index contributed by atoms with van der Waals surface area (Å²) in [7, 11) is 3.03. The van der Waals surface area contributed by atoms with Crippen molar-refractivity contribution < 1.29 is 45.6 Å². The first kappa shape index (κ1) is 26.4. The molecular formula is C16H28O10Si2. The van der Waals surface area contributed by atoms with Gasteiger partial charge in [-0.15, -0.1) is 0 Å². The van der Waals surface area contributed by atoms with Crippen LogP contribution in [0.3, 0.4) is 0 Å². The summed E-state index contributed by atoms with van der Waals surface area (Å²) >= 11 is 0. The normalized spacial score (nSPS) is 12.9. The van der Waals surface area contributed by atoms with E-state index < -0.39 is 29.5 Å². The topological polar surface area (TPSA) is 108 Å². The number of esters is 2. The maximum Gasteiger partial charge on any atom is 0.528 e. The first-order valence-corrected chi connectivity index (χ1v) is 11.6. The van der Waals surface area contributed by atoms with E-state index in [9.17, 15) is 9.59 Å². The summed E-state index contributed by atoms with van der Waals surface area (Å²) in [6.45, 7) is -0.0763. The smallest absolute Gasteiger partial charge is 0.458 e. The summed E-state index contributed by atoms with van der Waals surface area (Å²) in [4.78, 5) is 23.1. The van der Waals surface area contributed by atoms with Gasteiger partial charge >= 0.3 is 29.5 Å². The molecule has 0 aliphatic heterocycles. The number of hydrogen-bond donors (Lipinski definition) is 0. The van der Waals surface area contributed by atoms with Gasteiger partial charge in [-0.05, 0) is 23.6 Å². The van der Waals surface area contributed by atoms with Crippen LogP contribution in [0.5, 0.6) is 0 Å². The molecule has 0 aromatic carbocycles. The molecule has 160 valence electrons. The van der Waals surface area contributed by atoms with E-state index in [0.29, 0.717) is 0 Å². The highest BCUT2D eigenvalue weighted by Crippen LogP contribution is 2.08. The molecule has 0 saturated carbocycles. The molecule has 10 nitrogen and oxygen atoms in total. The number of carbonyl (C=O) groups is 2. The number of hydrogen-bond acceptors (Lipinski definition) is 10. The van der Waals surface area contributed by atoms with E-state index in [-0.39, 0.29) is 13.2 Å². The molecule has 0 amide bonds. The zero-order chi connectivity index (χ0) is 21.5. The molecule has 0 aliphatic carbocycles. The van der Waals surface area contributed by atoms with Gasteiger partial charge in [0.15, 0.2) is 0 Å². The van der Waals surface area contributed by atoms with Gasteiger partial charge in [0.1, 0.15) is 13.2 Å². The van der Waals surface area contributed by atoms with Gasteiger partial charge in [0, 0.05) is 54.8 Å². The Morgan fingerprint density at radius 3 is 1.14 bits per heavy atom. The van der Waals surface area contributed by atoms with Crippen LogP contribution in [0.1, 0.15) is 0 Å². The van der Waals surface area contributed by atoms with Crippen LogP contribution in [-0.4, -0.2) is 85.4 Å².